The van der Waals surface area contributed by atoms with Crippen LogP contribution >= 0.6 is 0 Å². The predicted molar refractivity (Wildman–Crippen MR) is 74.0 cm³/mol. The van der Waals surface area contributed by atoms with Gasteiger partial charge in [0.15, 0.2) is 0 Å². The van der Waals surface area contributed by atoms with Gasteiger partial charge in [-0.1, -0.05) is 13.8 Å². The van der Waals surface area contributed by atoms with Crippen molar-refractivity contribution in [1.82, 2.24) is 9.80 Å². The van der Waals surface area contributed by atoms with Crippen molar-refractivity contribution in [2.24, 2.45) is 11.8 Å². The van der Waals surface area contributed by atoms with E-state index < -0.39 is 11.9 Å². The Kier molecular flexibility index (Phi) is 5.20. The van der Waals surface area contributed by atoms with Gasteiger partial charge < -0.3 is 14.9 Å². The fraction of sp³-hybridized carbons (Fsp3) is 0.857. The average Bonchev–Trinajstić information content (AvgIpc) is 2.66. The Hall–Kier alpha value is -1.26. The zero-order chi connectivity index (χ0) is 14.7. The monoisotopic (exact) mass is 270 g/mol. The Morgan fingerprint density at radius 3 is 2.26 bits per heavy atom. The first kappa shape index (κ1) is 15.8. The van der Waals surface area contributed by atoms with E-state index in [1.54, 1.807) is 4.90 Å². The van der Waals surface area contributed by atoms with E-state index in [4.69, 9.17) is 5.11 Å². The Balaban J connectivity index is 2.78. The van der Waals surface area contributed by atoms with Gasteiger partial charge in [-0.15, -0.1) is 0 Å². The molecule has 0 aromatic heterocycles. The van der Waals surface area contributed by atoms with Crippen molar-refractivity contribution in [3.8, 4) is 0 Å². The number of carboxylic acid groups (broad SMARTS) is 1. The molecule has 2 unspecified atom stereocenters. The van der Waals surface area contributed by atoms with Crippen LogP contribution in [0.5, 0.6) is 0 Å². The number of carbonyl (C=O) groups excluding carboxylic acids is 1. The first-order valence-electron chi connectivity index (χ1n) is 7.05. The highest BCUT2D eigenvalue weighted by Gasteiger charge is 2.40. The van der Waals surface area contributed by atoms with Crippen LogP contribution in [0.2, 0.25) is 0 Å². The number of likely N-dealkylation sites (tertiary alicyclic amines) is 1. The van der Waals surface area contributed by atoms with Gasteiger partial charge in [0, 0.05) is 25.2 Å². The summed E-state index contributed by atoms with van der Waals surface area (Å²) in [7, 11) is 0. The highest BCUT2D eigenvalue weighted by molar-refractivity contribution is 5.78. The summed E-state index contributed by atoms with van der Waals surface area (Å²) in [5, 5.41) is 9.12. The molecule has 2 amide bonds. The van der Waals surface area contributed by atoms with Crippen LogP contribution < -0.4 is 0 Å². The molecular formula is C14H26N2O3. The fourth-order valence-electron chi connectivity index (χ4n) is 2.61. The number of carbonyl (C=O) groups is 2. The van der Waals surface area contributed by atoms with Crippen molar-refractivity contribution < 1.29 is 14.7 Å². The van der Waals surface area contributed by atoms with Gasteiger partial charge in [0.1, 0.15) is 0 Å². The third kappa shape index (κ3) is 3.61. The largest absolute Gasteiger partial charge is 0.481 e. The number of amides is 2. The number of aliphatic carboxylic acids is 1. The average molecular weight is 270 g/mol. The first-order valence-corrected chi connectivity index (χ1v) is 7.05. The number of hydrogen-bond donors (Lipinski definition) is 1. The molecule has 1 aliphatic rings. The molecule has 1 N–H and O–H groups in total. The van der Waals surface area contributed by atoms with Crippen molar-refractivity contribution >= 4 is 12.0 Å². The lowest BCUT2D eigenvalue weighted by atomic mass is 10.0. The van der Waals surface area contributed by atoms with E-state index in [1.165, 1.54) is 0 Å². The maximum Gasteiger partial charge on any atom is 0.320 e. The summed E-state index contributed by atoms with van der Waals surface area (Å²) in [6.45, 7) is 11.2. The van der Waals surface area contributed by atoms with Gasteiger partial charge >= 0.3 is 12.0 Å². The second kappa shape index (κ2) is 6.26. The van der Waals surface area contributed by atoms with Crippen LogP contribution in [0.1, 0.15) is 41.0 Å². The molecule has 0 radical (unpaired) electrons. The van der Waals surface area contributed by atoms with E-state index >= 15 is 0 Å². The van der Waals surface area contributed by atoms with Crippen molar-refractivity contribution in [2.45, 2.75) is 53.1 Å². The van der Waals surface area contributed by atoms with E-state index in [9.17, 15) is 9.59 Å². The highest BCUT2D eigenvalue weighted by atomic mass is 16.4. The molecule has 0 aromatic carbocycles. The molecule has 5 nitrogen and oxygen atoms in total. The van der Waals surface area contributed by atoms with Crippen LogP contribution in [0.15, 0.2) is 0 Å². The molecule has 0 spiro atoms. The van der Waals surface area contributed by atoms with E-state index in [0.717, 1.165) is 0 Å². The zero-order valence-electron chi connectivity index (χ0n) is 12.6. The molecule has 110 valence electrons. The second-order valence-electron chi connectivity index (χ2n) is 6.09. The molecule has 0 aromatic rings. The molecule has 1 saturated heterocycles. The smallest absolute Gasteiger partial charge is 0.320 e. The van der Waals surface area contributed by atoms with E-state index in [1.807, 2.05) is 25.7 Å². The summed E-state index contributed by atoms with van der Waals surface area (Å²) in [6.07, 6.45) is 0.551. The van der Waals surface area contributed by atoms with Crippen molar-refractivity contribution in [3.63, 3.8) is 0 Å². The van der Waals surface area contributed by atoms with Crippen LogP contribution in [0.3, 0.4) is 0 Å². The fourth-order valence-corrected chi connectivity index (χ4v) is 2.61. The van der Waals surface area contributed by atoms with Crippen LogP contribution in [-0.2, 0) is 4.79 Å². The number of nitrogens with zero attached hydrogens (tertiary/aromatic N) is 2. The molecule has 0 saturated carbocycles. The lowest BCUT2D eigenvalue weighted by molar-refractivity contribution is -0.142. The van der Waals surface area contributed by atoms with Crippen LogP contribution in [0.25, 0.3) is 0 Å². The number of carboxylic acids is 1. The normalized spacial score (nSPS) is 23.2. The molecule has 0 bridgehead atoms. The Morgan fingerprint density at radius 2 is 1.89 bits per heavy atom. The Bertz CT molecular complexity index is 342. The van der Waals surface area contributed by atoms with Crippen molar-refractivity contribution in [3.05, 3.63) is 0 Å². The molecule has 19 heavy (non-hydrogen) atoms. The number of urea groups is 1. The molecule has 5 heteroatoms. The zero-order valence-corrected chi connectivity index (χ0v) is 12.6. The minimum atomic E-state index is -0.803. The van der Waals surface area contributed by atoms with Gasteiger partial charge in [-0.3, -0.25) is 4.79 Å². The minimum absolute atomic E-state index is 0.0278. The Labute approximate surface area is 115 Å². The topological polar surface area (TPSA) is 60.9 Å². The van der Waals surface area contributed by atoms with Gasteiger partial charge in [0.05, 0.1) is 5.92 Å². The maximum absolute atomic E-state index is 12.6. The lowest BCUT2D eigenvalue weighted by Crippen LogP contribution is -2.49. The van der Waals surface area contributed by atoms with E-state index in [-0.39, 0.29) is 18.1 Å². The first-order chi connectivity index (χ1) is 8.75. The van der Waals surface area contributed by atoms with Crippen LogP contribution in [0.4, 0.5) is 4.79 Å². The molecule has 1 heterocycles. The third-order valence-electron chi connectivity index (χ3n) is 3.75. The van der Waals surface area contributed by atoms with Gasteiger partial charge in [0.2, 0.25) is 0 Å². The Morgan fingerprint density at radius 1 is 1.32 bits per heavy atom. The van der Waals surface area contributed by atoms with Gasteiger partial charge in [-0.05, 0) is 33.1 Å². The van der Waals surface area contributed by atoms with Crippen molar-refractivity contribution in [1.29, 1.82) is 0 Å². The molecule has 0 aliphatic carbocycles. The number of hydrogen-bond acceptors (Lipinski definition) is 2. The lowest BCUT2D eigenvalue weighted by Gasteiger charge is -2.34. The van der Waals surface area contributed by atoms with E-state index in [0.29, 0.717) is 25.4 Å². The molecule has 2 atom stereocenters. The summed E-state index contributed by atoms with van der Waals surface area (Å²) >= 11 is 0. The number of rotatable bonds is 4. The molecule has 1 fully saturated rings. The summed E-state index contributed by atoms with van der Waals surface area (Å²) in [6, 6.07) is -0.121. The molecule has 1 rings (SSSR count). The quantitative estimate of drug-likeness (QED) is 0.852. The predicted octanol–water partition coefficient (Wildman–Crippen LogP) is 2.27. The second-order valence-corrected chi connectivity index (χ2v) is 6.09. The minimum Gasteiger partial charge on any atom is -0.481 e. The SMILES string of the molecule is CC(C)CN(C(=O)N1CCC(C(=O)O)C1C)C(C)C. The van der Waals surface area contributed by atoms with Gasteiger partial charge in [0.25, 0.3) is 0 Å². The van der Waals surface area contributed by atoms with Gasteiger partial charge in [-0.25, -0.2) is 4.79 Å². The van der Waals surface area contributed by atoms with Gasteiger partial charge in [-0.2, -0.15) is 0 Å². The highest BCUT2D eigenvalue weighted by Crippen LogP contribution is 2.26. The molecule has 1 aliphatic heterocycles. The van der Waals surface area contributed by atoms with Crippen LogP contribution in [0, 0.1) is 11.8 Å². The van der Waals surface area contributed by atoms with Crippen molar-refractivity contribution in [2.75, 3.05) is 13.1 Å². The third-order valence-corrected chi connectivity index (χ3v) is 3.75. The summed E-state index contributed by atoms with van der Waals surface area (Å²) in [5.41, 5.74) is 0. The summed E-state index contributed by atoms with van der Waals surface area (Å²) in [4.78, 5) is 27.2. The van der Waals surface area contributed by atoms with Crippen LogP contribution in [-0.4, -0.2) is 52.1 Å². The molecular weight excluding hydrogens is 244 g/mol. The van der Waals surface area contributed by atoms with E-state index in [2.05, 4.69) is 13.8 Å². The standard InChI is InChI=1S/C14H26N2O3/c1-9(2)8-16(10(3)4)14(19)15-7-6-12(11(15)5)13(17)18/h9-12H,6-8H2,1-5H3,(H,17,18). The maximum atomic E-state index is 12.6. The summed E-state index contributed by atoms with van der Waals surface area (Å²) in [5.74, 6) is -0.834. The summed E-state index contributed by atoms with van der Waals surface area (Å²) < 4.78 is 0.